The fourth-order valence-electron chi connectivity index (χ4n) is 2.65. The number of benzene rings is 1. The van der Waals surface area contributed by atoms with E-state index < -0.39 is 5.91 Å². The average molecular weight is 314 g/mol. The van der Waals surface area contributed by atoms with Gasteiger partial charge in [-0.05, 0) is 30.4 Å². The van der Waals surface area contributed by atoms with E-state index in [1.165, 1.54) is 16.9 Å². The molecule has 1 aliphatic carbocycles. The molecule has 0 spiro atoms. The molecule has 3 N–H and O–H groups in total. The van der Waals surface area contributed by atoms with Crippen molar-refractivity contribution in [2.75, 3.05) is 5.32 Å². The van der Waals surface area contributed by atoms with Crippen molar-refractivity contribution in [3.63, 3.8) is 0 Å². The van der Waals surface area contributed by atoms with Gasteiger partial charge in [0.2, 0.25) is 5.91 Å². The number of primary amides is 1. The predicted octanol–water partition coefficient (Wildman–Crippen LogP) is 3.15. The van der Waals surface area contributed by atoms with Crippen LogP contribution in [0.4, 0.5) is 5.00 Å². The van der Waals surface area contributed by atoms with Crippen LogP contribution >= 0.6 is 11.3 Å². The summed E-state index contributed by atoms with van der Waals surface area (Å²) in [4.78, 5) is 24.9. The minimum absolute atomic E-state index is 0.0182. The number of hydrogen-bond donors (Lipinski definition) is 2. The number of carbonyl (C=O) groups is 2. The average Bonchev–Trinajstić information content (AvgIpc) is 3.22. The lowest BCUT2D eigenvalue weighted by atomic mass is 10.1. The van der Waals surface area contributed by atoms with E-state index in [0.717, 1.165) is 17.7 Å². The zero-order valence-corrected chi connectivity index (χ0v) is 13.2. The Morgan fingerprint density at radius 3 is 2.68 bits per heavy atom. The van der Waals surface area contributed by atoms with Gasteiger partial charge >= 0.3 is 0 Å². The van der Waals surface area contributed by atoms with Gasteiger partial charge in [-0.1, -0.05) is 37.3 Å². The standard InChI is InChI=1S/C17H18N2O2S/c1-2-11-8-14(15(18)20)17(22-11)19-16(21)13-9-12(13)10-6-4-3-5-7-10/h3-8,12-13H,2,9H2,1H3,(H2,18,20)(H,19,21)/t12-,13+/m0/s1. The fraction of sp³-hybridized carbons (Fsp3) is 0.294. The number of nitrogens with one attached hydrogen (secondary N) is 1. The van der Waals surface area contributed by atoms with Gasteiger partial charge in [0.25, 0.3) is 5.91 Å². The van der Waals surface area contributed by atoms with E-state index in [4.69, 9.17) is 5.73 Å². The van der Waals surface area contributed by atoms with Gasteiger partial charge in [0.05, 0.1) is 5.56 Å². The molecule has 1 aliphatic rings. The quantitative estimate of drug-likeness (QED) is 0.890. The van der Waals surface area contributed by atoms with Gasteiger partial charge in [-0.15, -0.1) is 11.3 Å². The van der Waals surface area contributed by atoms with E-state index in [9.17, 15) is 9.59 Å². The van der Waals surface area contributed by atoms with Gasteiger partial charge in [0.15, 0.2) is 0 Å². The number of anilines is 1. The first-order chi connectivity index (χ1) is 10.6. The molecule has 0 radical (unpaired) electrons. The topological polar surface area (TPSA) is 72.2 Å². The smallest absolute Gasteiger partial charge is 0.251 e. The van der Waals surface area contributed by atoms with Gasteiger partial charge in [0.1, 0.15) is 5.00 Å². The summed E-state index contributed by atoms with van der Waals surface area (Å²) in [5.41, 5.74) is 6.99. The third-order valence-corrected chi connectivity index (χ3v) is 5.18. The summed E-state index contributed by atoms with van der Waals surface area (Å²) in [6, 6.07) is 11.8. The lowest BCUT2D eigenvalue weighted by molar-refractivity contribution is -0.117. The number of thiophene rings is 1. The highest BCUT2D eigenvalue weighted by Gasteiger charge is 2.44. The maximum atomic E-state index is 12.4. The Morgan fingerprint density at radius 2 is 2.05 bits per heavy atom. The Bertz CT molecular complexity index is 709. The second kappa shape index (κ2) is 5.93. The number of rotatable bonds is 5. The second-order valence-corrected chi connectivity index (χ2v) is 6.66. The van der Waals surface area contributed by atoms with Crippen LogP contribution in [0.2, 0.25) is 0 Å². The Balaban J connectivity index is 1.71. The van der Waals surface area contributed by atoms with Crippen LogP contribution in [0.3, 0.4) is 0 Å². The van der Waals surface area contributed by atoms with Crippen molar-refractivity contribution in [2.45, 2.75) is 25.7 Å². The number of hydrogen-bond acceptors (Lipinski definition) is 3. The highest BCUT2D eigenvalue weighted by Crippen LogP contribution is 2.48. The van der Waals surface area contributed by atoms with Gasteiger partial charge in [-0.3, -0.25) is 9.59 Å². The number of carbonyl (C=O) groups excluding carboxylic acids is 2. The normalized spacial score (nSPS) is 19.7. The first-order valence-electron chi connectivity index (χ1n) is 7.38. The highest BCUT2D eigenvalue weighted by molar-refractivity contribution is 7.16. The van der Waals surface area contributed by atoms with Crippen LogP contribution in [-0.2, 0) is 11.2 Å². The Kier molecular flexibility index (Phi) is 3.98. The first kappa shape index (κ1) is 14.8. The van der Waals surface area contributed by atoms with Crippen LogP contribution in [0.25, 0.3) is 0 Å². The zero-order chi connectivity index (χ0) is 15.7. The van der Waals surface area contributed by atoms with E-state index in [2.05, 4.69) is 5.32 Å². The van der Waals surface area contributed by atoms with Crippen molar-refractivity contribution in [3.05, 3.63) is 52.4 Å². The van der Waals surface area contributed by atoms with Crippen molar-refractivity contribution in [3.8, 4) is 0 Å². The van der Waals surface area contributed by atoms with Crippen molar-refractivity contribution in [1.29, 1.82) is 0 Å². The van der Waals surface area contributed by atoms with E-state index in [1.54, 1.807) is 6.07 Å². The van der Waals surface area contributed by atoms with Gasteiger partial charge in [-0.2, -0.15) is 0 Å². The summed E-state index contributed by atoms with van der Waals surface area (Å²) < 4.78 is 0. The maximum Gasteiger partial charge on any atom is 0.251 e. The van der Waals surface area contributed by atoms with Crippen molar-refractivity contribution >= 4 is 28.2 Å². The minimum atomic E-state index is -0.498. The van der Waals surface area contributed by atoms with Crippen LogP contribution in [0.1, 0.15) is 40.1 Å². The molecule has 3 rings (SSSR count). The third kappa shape index (κ3) is 2.90. The molecule has 1 heterocycles. The van der Waals surface area contributed by atoms with Crippen LogP contribution in [-0.4, -0.2) is 11.8 Å². The van der Waals surface area contributed by atoms with E-state index in [1.807, 2.05) is 37.3 Å². The largest absolute Gasteiger partial charge is 0.366 e. The molecule has 2 amide bonds. The number of nitrogens with two attached hydrogens (primary N) is 1. The van der Waals surface area contributed by atoms with E-state index in [0.29, 0.717) is 10.6 Å². The molecule has 0 saturated heterocycles. The van der Waals surface area contributed by atoms with E-state index in [-0.39, 0.29) is 17.7 Å². The van der Waals surface area contributed by atoms with Crippen LogP contribution in [0, 0.1) is 5.92 Å². The highest BCUT2D eigenvalue weighted by atomic mass is 32.1. The van der Waals surface area contributed by atoms with Crippen LogP contribution in [0.5, 0.6) is 0 Å². The summed E-state index contributed by atoms with van der Waals surface area (Å²) in [6.45, 7) is 2.01. The molecule has 1 fully saturated rings. The molecule has 1 saturated carbocycles. The third-order valence-electron chi connectivity index (χ3n) is 3.99. The molecule has 0 aliphatic heterocycles. The Labute approximate surface area is 133 Å². The van der Waals surface area contributed by atoms with Crippen molar-refractivity contribution in [2.24, 2.45) is 11.7 Å². The lowest BCUT2D eigenvalue weighted by Gasteiger charge is -2.04. The van der Waals surface area contributed by atoms with E-state index >= 15 is 0 Å². The van der Waals surface area contributed by atoms with Gasteiger partial charge in [0, 0.05) is 10.8 Å². The number of amides is 2. The maximum absolute atomic E-state index is 12.4. The monoisotopic (exact) mass is 314 g/mol. The van der Waals surface area contributed by atoms with Crippen molar-refractivity contribution < 1.29 is 9.59 Å². The van der Waals surface area contributed by atoms with Gasteiger partial charge in [-0.25, -0.2) is 0 Å². The predicted molar refractivity (Wildman–Crippen MR) is 88.1 cm³/mol. The van der Waals surface area contributed by atoms with Crippen LogP contribution < -0.4 is 11.1 Å². The first-order valence-corrected chi connectivity index (χ1v) is 8.20. The summed E-state index contributed by atoms with van der Waals surface area (Å²) in [5, 5.41) is 3.46. The molecular weight excluding hydrogens is 296 g/mol. The molecule has 114 valence electrons. The molecule has 4 nitrogen and oxygen atoms in total. The summed E-state index contributed by atoms with van der Waals surface area (Å²) in [6.07, 6.45) is 1.67. The summed E-state index contributed by atoms with van der Waals surface area (Å²) in [5.74, 6) is -0.262. The molecule has 1 aromatic carbocycles. The summed E-state index contributed by atoms with van der Waals surface area (Å²) >= 11 is 1.43. The molecule has 2 aromatic rings. The Hall–Kier alpha value is -2.14. The van der Waals surface area contributed by atoms with Crippen LogP contribution in [0.15, 0.2) is 36.4 Å². The molecule has 0 bridgehead atoms. The van der Waals surface area contributed by atoms with Crippen molar-refractivity contribution in [1.82, 2.24) is 0 Å². The molecule has 0 unspecified atom stereocenters. The SMILES string of the molecule is CCc1cc(C(N)=O)c(NC(=O)[C@@H]2C[C@H]2c2ccccc2)s1. The molecule has 2 atom stereocenters. The van der Waals surface area contributed by atoms with Gasteiger partial charge < -0.3 is 11.1 Å². The molecule has 5 heteroatoms. The lowest BCUT2D eigenvalue weighted by Crippen LogP contribution is -2.18. The second-order valence-electron chi connectivity index (χ2n) is 5.52. The molecule has 22 heavy (non-hydrogen) atoms. The Morgan fingerprint density at radius 1 is 1.32 bits per heavy atom. The molecular formula is C17H18N2O2S. The fourth-order valence-corrected chi connectivity index (χ4v) is 3.65. The number of aryl methyl sites for hydroxylation is 1. The zero-order valence-electron chi connectivity index (χ0n) is 12.3. The minimum Gasteiger partial charge on any atom is -0.366 e. The molecule has 1 aromatic heterocycles. The summed E-state index contributed by atoms with van der Waals surface area (Å²) in [7, 11) is 0.